The summed E-state index contributed by atoms with van der Waals surface area (Å²) in [5, 5.41) is 10.2. The minimum atomic E-state index is -4.05. The van der Waals surface area contributed by atoms with Gasteiger partial charge in [-0.3, -0.25) is 4.72 Å². The highest BCUT2D eigenvalue weighted by molar-refractivity contribution is 7.92. The number of sulfonamides is 1. The van der Waals surface area contributed by atoms with Crippen LogP contribution in [-0.2, 0) is 10.0 Å². The summed E-state index contributed by atoms with van der Waals surface area (Å²) in [5.74, 6) is -0.563. The van der Waals surface area contributed by atoms with E-state index in [-0.39, 0.29) is 15.7 Å². The van der Waals surface area contributed by atoms with Gasteiger partial charge in [-0.15, -0.1) is 0 Å². The van der Waals surface area contributed by atoms with Crippen LogP contribution in [0.2, 0.25) is 15.1 Å². The van der Waals surface area contributed by atoms with Crippen LogP contribution >= 0.6 is 34.8 Å². The first kappa shape index (κ1) is 16.2. The maximum Gasteiger partial charge on any atom is 0.265 e. The van der Waals surface area contributed by atoms with Gasteiger partial charge in [-0.05, 0) is 36.8 Å². The number of halogens is 3. The fourth-order valence-electron chi connectivity index (χ4n) is 1.61. The van der Waals surface area contributed by atoms with Gasteiger partial charge in [-0.2, -0.15) is 0 Å². The Morgan fingerprint density at radius 2 is 1.71 bits per heavy atom. The molecule has 112 valence electrons. The molecular weight excluding hydrogens is 357 g/mol. The normalized spacial score (nSPS) is 11.4. The first-order valence-electron chi connectivity index (χ1n) is 5.67. The molecule has 0 aliphatic carbocycles. The number of benzene rings is 2. The zero-order chi connectivity index (χ0) is 15.8. The van der Waals surface area contributed by atoms with Gasteiger partial charge < -0.3 is 5.11 Å². The van der Waals surface area contributed by atoms with E-state index in [1.807, 2.05) is 0 Å². The van der Waals surface area contributed by atoms with E-state index >= 15 is 0 Å². The van der Waals surface area contributed by atoms with Gasteiger partial charge in [0.15, 0.2) is 5.75 Å². The zero-order valence-corrected chi connectivity index (χ0v) is 13.8. The Labute approximate surface area is 137 Å². The quantitative estimate of drug-likeness (QED) is 0.842. The maximum absolute atomic E-state index is 12.3. The molecule has 0 amide bonds. The monoisotopic (exact) mass is 365 g/mol. The average molecular weight is 367 g/mol. The highest BCUT2D eigenvalue weighted by Crippen LogP contribution is 2.35. The van der Waals surface area contributed by atoms with Crippen molar-refractivity contribution >= 4 is 50.5 Å². The average Bonchev–Trinajstić information content (AvgIpc) is 2.37. The minimum Gasteiger partial charge on any atom is -0.505 e. The largest absolute Gasteiger partial charge is 0.505 e. The van der Waals surface area contributed by atoms with Crippen molar-refractivity contribution in [2.75, 3.05) is 4.72 Å². The first-order valence-corrected chi connectivity index (χ1v) is 8.29. The van der Waals surface area contributed by atoms with Crippen molar-refractivity contribution in [1.29, 1.82) is 0 Å². The molecule has 2 rings (SSSR count). The topological polar surface area (TPSA) is 66.4 Å². The van der Waals surface area contributed by atoms with E-state index in [1.54, 1.807) is 19.1 Å². The van der Waals surface area contributed by atoms with Crippen molar-refractivity contribution in [3.05, 3.63) is 51.0 Å². The van der Waals surface area contributed by atoms with Crippen LogP contribution in [0.15, 0.2) is 35.2 Å². The summed E-state index contributed by atoms with van der Waals surface area (Å²) < 4.78 is 26.9. The zero-order valence-electron chi connectivity index (χ0n) is 10.7. The molecule has 0 radical (unpaired) electrons. The molecule has 8 heteroatoms. The summed E-state index contributed by atoms with van der Waals surface area (Å²) in [6.45, 7) is 1.79. The van der Waals surface area contributed by atoms with Crippen molar-refractivity contribution in [2.45, 2.75) is 11.8 Å². The lowest BCUT2D eigenvalue weighted by Gasteiger charge is -2.11. The number of hydrogen-bond acceptors (Lipinski definition) is 3. The lowest BCUT2D eigenvalue weighted by atomic mass is 10.2. The number of phenols is 1. The third-order valence-electron chi connectivity index (χ3n) is 2.71. The second-order valence-electron chi connectivity index (χ2n) is 4.30. The number of rotatable bonds is 3. The highest BCUT2D eigenvalue weighted by Gasteiger charge is 2.22. The van der Waals surface area contributed by atoms with Crippen molar-refractivity contribution in [3.8, 4) is 5.75 Å². The third-order valence-corrected chi connectivity index (χ3v) is 5.01. The molecule has 0 aliphatic heterocycles. The molecule has 4 nitrogen and oxygen atoms in total. The Bertz CT molecular complexity index is 807. The second kappa shape index (κ2) is 5.93. The van der Waals surface area contributed by atoms with E-state index in [1.165, 1.54) is 12.1 Å². The predicted octanol–water partition coefficient (Wildman–Crippen LogP) is 4.46. The van der Waals surface area contributed by atoms with Crippen LogP contribution in [0.1, 0.15) is 5.56 Å². The summed E-state index contributed by atoms with van der Waals surface area (Å²) in [7, 11) is -4.05. The molecule has 0 atom stereocenters. The Balaban J connectivity index is 2.45. The van der Waals surface area contributed by atoms with Crippen LogP contribution in [0.3, 0.4) is 0 Å². The number of nitrogens with one attached hydrogen (secondary N) is 1. The molecule has 2 N–H and O–H groups in total. The number of phenolic OH excluding ortho intramolecular Hbond substituents is 1. The molecule has 0 unspecified atom stereocenters. The molecule has 0 fully saturated rings. The molecule has 0 aliphatic rings. The number of hydrogen-bond donors (Lipinski definition) is 2. The van der Waals surface area contributed by atoms with Gasteiger partial charge >= 0.3 is 0 Å². The SMILES string of the molecule is Cc1ccc(NS(=O)(=O)c2cc(Cl)cc(Cl)c2O)cc1Cl. The van der Waals surface area contributed by atoms with Gasteiger partial charge in [0.1, 0.15) is 4.90 Å². The van der Waals surface area contributed by atoms with E-state index in [0.29, 0.717) is 5.02 Å². The molecule has 0 bridgehead atoms. The summed E-state index contributed by atoms with van der Waals surface area (Å²) >= 11 is 17.4. The Morgan fingerprint density at radius 3 is 2.33 bits per heavy atom. The summed E-state index contributed by atoms with van der Waals surface area (Å²) in [4.78, 5) is -0.406. The van der Waals surface area contributed by atoms with E-state index < -0.39 is 20.7 Å². The lowest BCUT2D eigenvalue weighted by molar-refractivity contribution is 0.459. The molecular formula is C13H10Cl3NO3S. The van der Waals surface area contributed by atoms with E-state index in [2.05, 4.69) is 4.72 Å². The van der Waals surface area contributed by atoms with Crippen molar-refractivity contribution < 1.29 is 13.5 Å². The molecule has 21 heavy (non-hydrogen) atoms. The molecule has 0 aromatic heterocycles. The fourth-order valence-corrected chi connectivity index (χ4v) is 3.60. The predicted molar refractivity (Wildman–Crippen MR) is 85.1 cm³/mol. The number of aromatic hydroxyl groups is 1. The molecule has 2 aromatic carbocycles. The highest BCUT2D eigenvalue weighted by atomic mass is 35.5. The van der Waals surface area contributed by atoms with Crippen LogP contribution < -0.4 is 4.72 Å². The van der Waals surface area contributed by atoms with E-state index in [0.717, 1.165) is 11.6 Å². The van der Waals surface area contributed by atoms with Crippen LogP contribution in [0.5, 0.6) is 5.75 Å². The fraction of sp³-hybridized carbons (Fsp3) is 0.0769. The van der Waals surface area contributed by atoms with Crippen LogP contribution in [-0.4, -0.2) is 13.5 Å². The van der Waals surface area contributed by atoms with Gasteiger partial charge in [0.25, 0.3) is 10.0 Å². The van der Waals surface area contributed by atoms with Gasteiger partial charge in [-0.1, -0.05) is 40.9 Å². The summed E-state index contributed by atoms with van der Waals surface area (Å²) in [6.07, 6.45) is 0. The molecule has 0 spiro atoms. The number of anilines is 1. The molecule has 0 heterocycles. The van der Waals surface area contributed by atoms with E-state index in [9.17, 15) is 13.5 Å². The second-order valence-corrected chi connectivity index (χ2v) is 7.21. The number of aryl methyl sites for hydroxylation is 1. The maximum atomic E-state index is 12.3. The van der Waals surface area contributed by atoms with Gasteiger partial charge in [-0.25, -0.2) is 8.42 Å². The summed E-state index contributed by atoms with van der Waals surface area (Å²) in [5.41, 5.74) is 1.08. The van der Waals surface area contributed by atoms with Crippen molar-refractivity contribution in [1.82, 2.24) is 0 Å². The van der Waals surface area contributed by atoms with Gasteiger partial charge in [0.2, 0.25) is 0 Å². The molecule has 0 saturated carbocycles. The Hall–Kier alpha value is -1.14. The van der Waals surface area contributed by atoms with Crippen LogP contribution in [0, 0.1) is 6.92 Å². The Kier molecular flexibility index (Phi) is 4.58. The smallest absolute Gasteiger partial charge is 0.265 e. The molecule has 0 saturated heterocycles. The van der Waals surface area contributed by atoms with Gasteiger partial charge in [0.05, 0.1) is 10.7 Å². The Morgan fingerprint density at radius 1 is 1.05 bits per heavy atom. The van der Waals surface area contributed by atoms with E-state index in [4.69, 9.17) is 34.8 Å². The standard InChI is InChI=1S/C13H10Cl3NO3S/c1-7-2-3-9(6-10(7)15)17-21(19,20)12-5-8(14)4-11(16)13(12)18/h2-6,17-18H,1H3. The minimum absolute atomic E-state index is 0.0973. The summed E-state index contributed by atoms with van der Waals surface area (Å²) in [6, 6.07) is 7.06. The lowest BCUT2D eigenvalue weighted by Crippen LogP contribution is -2.13. The first-order chi connectivity index (χ1) is 9.70. The van der Waals surface area contributed by atoms with Crippen LogP contribution in [0.4, 0.5) is 5.69 Å². The van der Waals surface area contributed by atoms with Gasteiger partial charge in [0, 0.05) is 10.0 Å². The third kappa shape index (κ3) is 3.55. The van der Waals surface area contributed by atoms with Crippen LogP contribution in [0.25, 0.3) is 0 Å². The van der Waals surface area contributed by atoms with Crippen molar-refractivity contribution in [3.63, 3.8) is 0 Å². The molecule has 2 aromatic rings. The van der Waals surface area contributed by atoms with Crippen molar-refractivity contribution in [2.24, 2.45) is 0 Å².